The third-order valence-electron chi connectivity index (χ3n) is 2.49. The van der Waals surface area contributed by atoms with Crippen molar-refractivity contribution in [3.05, 3.63) is 29.8 Å². The molecule has 112 valence electrons. The minimum atomic E-state index is -4.85. The van der Waals surface area contributed by atoms with Gasteiger partial charge in [-0.05, 0) is 18.6 Å². The van der Waals surface area contributed by atoms with Gasteiger partial charge in [-0.3, -0.25) is 4.79 Å². The van der Waals surface area contributed by atoms with Crippen LogP contribution in [0.4, 0.5) is 13.2 Å². The highest BCUT2D eigenvalue weighted by atomic mass is 32.2. The number of rotatable bonds is 5. The first-order valence-corrected chi connectivity index (χ1v) is 6.99. The molecule has 0 unspecified atom stereocenters. The maximum Gasteiger partial charge on any atom is 0.417 e. The van der Waals surface area contributed by atoms with E-state index in [0.717, 1.165) is 18.2 Å². The van der Waals surface area contributed by atoms with Crippen LogP contribution in [0.25, 0.3) is 0 Å². The molecule has 0 amide bonds. The summed E-state index contributed by atoms with van der Waals surface area (Å²) in [6.07, 6.45) is -4.95. The molecule has 0 aromatic heterocycles. The van der Waals surface area contributed by atoms with Crippen LogP contribution in [0.2, 0.25) is 0 Å². The first-order chi connectivity index (χ1) is 9.09. The summed E-state index contributed by atoms with van der Waals surface area (Å²) in [7, 11) is -4.58. The van der Waals surface area contributed by atoms with Crippen molar-refractivity contribution in [2.45, 2.75) is 30.5 Å². The molecular weight excluding hydrogens is 299 g/mol. The van der Waals surface area contributed by atoms with Gasteiger partial charge in [-0.1, -0.05) is 19.1 Å². The molecule has 20 heavy (non-hydrogen) atoms. The van der Waals surface area contributed by atoms with Crippen LogP contribution in [0.15, 0.2) is 29.2 Å². The highest BCUT2D eigenvalue weighted by Gasteiger charge is 2.37. The van der Waals surface area contributed by atoms with E-state index in [2.05, 4.69) is 0 Å². The molecule has 5 nitrogen and oxygen atoms in total. The fourth-order valence-electron chi connectivity index (χ4n) is 1.49. The number of carboxylic acids is 1. The molecular formula is C11H12F3NO4S. The fourth-order valence-corrected chi connectivity index (χ4v) is 2.99. The van der Waals surface area contributed by atoms with Gasteiger partial charge in [0.2, 0.25) is 10.0 Å². The third kappa shape index (κ3) is 3.70. The van der Waals surface area contributed by atoms with Crippen LogP contribution < -0.4 is 4.72 Å². The minimum absolute atomic E-state index is 0.0945. The molecule has 0 saturated carbocycles. The minimum Gasteiger partial charge on any atom is -0.480 e. The standard InChI is InChI=1S/C11H12F3NO4S/c1-2-8(10(16)17)15-20(18,19)9-6-4-3-5-7(9)11(12,13)14/h3-6,8,15H,2H2,1H3,(H,16,17)/t8-/m1/s1. The molecule has 0 radical (unpaired) electrons. The SMILES string of the molecule is CC[C@@H](NS(=O)(=O)c1ccccc1C(F)(F)F)C(=O)O. The monoisotopic (exact) mass is 311 g/mol. The summed E-state index contributed by atoms with van der Waals surface area (Å²) >= 11 is 0. The molecule has 1 aromatic rings. The van der Waals surface area contributed by atoms with Gasteiger partial charge >= 0.3 is 12.1 Å². The lowest BCUT2D eigenvalue weighted by molar-refractivity contribution is -0.140. The van der Waals surface area contributed by atoms with Gasteiger partial charge in [-0.15, -0.1) is 0 Å². The van der Waals surface area contributed by atoms with Crippen LogP contribution in [-0.2, 0) is 21.0 Å². The van der Waals surface area contributed by atoms with E-state index in [9.17, 15) is 26.4 Å². The van der Waals surface area contributed by atoms with Gasteiger partial charge in [-0.2, -0.15) is 17.9 Å². The van der Waals surface area contributed by atoms with Crippen LogP contribution >= 0.6 is 0 Å². The first kappa shape index (κ1) is 16.4. The van der Waals surface area contributed by atoms with E-state index in [1.165, 1.54) is 6.92 Å². The lowest BCUT2D eigenvalue weighted by Gasteiger charge is -2.16. The molecule has 1 rings (SSSR count). The predicted molar refractivity (Wildman–Crippen MR) is 63.5 cm³/mol. The fraction of sp³-hybridized carbons (Fsp3) is 0.364. The molecule has 0 heterocycles. The maximum absolute atomic E-state index is 12.7. The molecule has 2 N–H and O–H groups in total. The van der Waals surface area contributed by atoms with E-state index >= 15 is 0 Å². The van der Waals surface area contributed by atoms with Gasteiger partial charge < -0.3 is 5.11 Å². The summed E-state index contributed by atoms with van der Waals surface area (Å²) < 4.78 is 63.8. The Morgan fingerprint density at radius 1 is 1.35 bits per heavy atom. The van der Waals surface area contributed by atoms with E-state index in [-0.39, 0.29) is 6.42 Å². The average Bonchev–Trinajstić information content (AvgIpc) is 2.34. The molecule has 9 heteroatoms. The molecule has 0 fully saturated rings. The number of hydrogen-bond donors (Lipinski definition) is 2. The van der Waals surface area contributed by atoms with Crippen LogP contribution in [0.5, 0.6) is 0 Å². The van der Waals surface area contributed by atoms with Crippen molar-refractivity contribution in [2.24, 2.45) is 0 Å². The number of aliphatic carboxylic acids is 1. The summed E-state index contributed by atoms with van der Waals surface area (Å²) in [6.45, 7) is 1.40. The van der Waals surface area contributed by atoms with Crippen molar-refractivity contribution in [2.75, 3.05) is 0 Å². The maximum atomic E-state index is 12.7. The van der Waals surface area contributed by atoms with Crippen molar-refractivity contribution in [1.29, 1.82) is 0 Å². The summed E-state index contributed by atoms with van der Waals surface area (Å²) in [5.74, 6) is -1.46. The Kier molecular flexibility index (Phi) is 4.77. The summed E-state index contributed by atoms with van der Waals surface area (Å²) in [5.41, 5.74) is -1.34. The smallest absolute Gasteiger partial charge is 0.417 e. The van der Waals surface area contributed by atoms with Crippen LogP contribution in [0.1, 0.15) is 18.9 Å². The molecule has 0 bridgehead atoms. The van der Waals surface area contributed by atoms with E-state index in [4.69, 9.17) is 5.11 Å². The van der Waals surface area contributed by atoms with E-state index < -0.39 is 38.7 Å². The van der Waals surface area contributed by atoms with Gasteiger partial charge in [0.05, 0.1) is 10.5 Å². The van der Waals surface area contributed by atoms with Gasteiger partial charge in [0.1, 0.15) is 6.04 Å². The number of sulfonamides is 1. The van der Waals surface area contributed by atoms with Crippen molar-refractivity contribution in [1.82, 2.24) is 4.72 Å². The Labute approximate surface area is 113 Å². The largest absolute Gasteiger partial charge is 0.480 e. The second kappa shape index (κ2) is 5.80. The Hall–Kier alpha value is -1.61. The van der Waals surface area contributed by atoms with Gasteiger partial charge in [0.25, 0.3) is 0 Å². The Morgan fingerprint density at radius 3 is 2.35 bits per heavy atom. The van der Waals surface area contributed by atoms with Gasteiger partial charge in [0.15, 0.2) is 0 Å². The van der Waals surface area contributed by atoms with Crippen molar-refractivity contribution in [3.8, 4) is 0 Å². The van der Waals surface area contributed by atoms with Crippen molar-refractivity contribution >= 4 is 16.0 Å². The Balaban J connectivity index is 3.27. The lowest BCUT2D eigenvalue weighted by Crippen LogP contribution is -2.40. The number of carbonyl (C=O) groups is 1. The molecule has 0 saturated heterocycles. The second-order valence-electron chi connectivity index (χ2n) is 3.91. The topological polar surface area (TPSA) is 83.5 Å². The Morgan fingerprint density at radius 2 is 1.90 bits per heavy atom. The van der Waals surface area contributed by atoms with Gasteiger partial charge in [0, 0.05) is 0 Å². The zero-order valence-electron chi connectivity index (χ0n) is 10.3. The number of benzene rings is 1. The zero-order chi connectivity index (χ0) is 15.6. The van der Waals surface area contributed by atoms with Crippen LogP contribution in [0.3, 0.4) is 0 Å². The third-order valence-corrected chi connectivity index (χ3v) is 4.02. The molecule has 0 spiro atoms. The van der Waals surface area contributed by atoms with E-state index in [0.29, 0.717) is 6.07 Å². The highest BCUT2D eigenvalue weighted by Crippen LogP contribution is 2.33. The molecule has 1 atom stereocenters. The summed E-state index contributed by atoms with van der Waals surface area (Å²) in [5, 5.41) is 8.76. The number of alkyl halides is 3. The number of carboxylic acid groups (broad SMARTS) is 1. The van der Waals surface area contributed by atoms with E-state index in [1.54, 1.807) is 4.72 Å². The van der Waals surface area contributed by atoms with Crippen molar-refractivity contribution < 1.29 is 31.5 Å². The lowest BCUT2D eigenvalue weighted by atomic mass is 10.2. The van der Waals surface area contributed by atoms with Gasteiger partial charge in [-0.25, -0.2) is 8.42 Å². The zero-order valence-corrected chi connectivity index (χ0v) is 11.1. The first-order valence-electron chi connectivity index (χ1n) is 5.51. The van der Waals surface area contributed by atoms with E-state index in [1.807, 2.05) is 0 Å². The average molecular weight is 311 g/mol. The molecule has 0 aliphatic carbocycles. The number of hydrogen-bond acceptors (Lipinski definition) is 3. The predicted octanol–water partition coefficient (Wildman–Crippen LogP) is 1.85. The Bertz CT molecular complexity index is 598. The summed E-state index contributed by atoms with van der Waals surface area (Å²) in [4.78, 5) is 9.78. The van der Waals surface area contributed by atoms with Crippen LogP contribution in [0, 0.1) is 0 Å². The molecule has 1 aromatic carbocycles. The second-order valence-corrected chi connectivity index (χ2v) is 5.60. The number of nitrogens with one attached hydrogen (secondary N) is 1. The normalized spacial score (nSPS) is 14.0. The highest BCUT2D eigenvalue weighted by molar-refractivity contribution is 7.89. The molecule has 0 aliphatic rings. The van der Waals surface area contributed by atoms with Crippen molar-refractivity contribution in [3.63, 3.8) is 0 Å². The quantitative estimate of drug-likeness (QED) is 0.869. The van der Waals surface area contributed by atoms with Crippen LogP contribution in [-0.4, -0.2) is 25.5 Å². The molecule has 0 aliphatic heterocycles. The number of halogens is 3. The summed E-state index contributed by atoms with van der Waals surface area (Å²) in [6, 6.07) is 2.10.